The van der Waals surface area contributed by atoms with Crippen molar-refractivity contribution in [2.75, 3.05) is 33.4 Å². The van der Waals surface area contributed by atoms with E-state index in [1.807, 2.05) is 24.3 Å². The van der Waals surface area contributed by atoms with Crippen molar-refractivity contribution in [1.29, 1.82) is 0 Å². The lowest BCUT2D eigenvalue weighted by Crippen LogP contribution is -2.24. The van der Waals surface area contributed by atoms with Gasteiger partial charge in [-0.2, -0.15) is 0 Å². The van der Waals surface area contributed by atoms with Gasteiger partial charge in [-0.05, 0) is 38.2 Å². The molecule has 0 aliphatic heterocycles. The second-order valence-electron chi connectivity index (χ2n) is 4.14. The van der Waals surface area contributed by atoms with E-state index in [2.05, 4.69) is 30.7 Å². The fourth-order valence-electron chi connectivity index (χ4n) is 1.62. The van der Waals surface area contributed by atoms with Crippen LogP contribution in [0.4, 0.5) is 0 Å². The molecule has 0 aliphatic carbocycles. The van der Waals surface area contributed by atoms with E-state index < -0.39 is 0 Å². The van der Waals surface area contributed by atoms with Gasteiger partial charge in [-0.25, -0.2) is 0 Å². The van der Waals surface area contributed by atoms with Gasteiger partial charge in [-0.15, -0.1) is 0 Å². The van der Waals surface area contributed by atoms with E-state index in [-0.39, 0.29) is 6.61 Å². The Morgan fingerprint density at radius 2 is 2.17 bits per heavy atom. The predicted molar refractivity (Wildman–Crippen MR) is 73.7 cm³/mol. The largest absolute Gasteiger partial charge is 0.492 e. The highest BCUT2D eigenvalue weighted by Gasteiger charge is 1.98. The van der Waals surface area contributed by atoms with Crippen molar-refractivity contribution in [3.63, 3.8) is 0 Å². The summed E-state index contributed by atoms with van der Waals surface area (Å²) in [5.41, 5.74) is 0.864. The van der Waals surface area contributed by atoms with E-state index in [1.165, 1.54) is 0 Å². The number of ether oxygens (including phenoxy) is 1. The first-order chi connectivity index (χ1) is 8.76. The Hall–Kier alpha value is -1.50. The van der Waals surface area contributed by atoms with E-state index in [0.29, 0.717) is 6.61 Å². The van der Waals surface area contributed by atoms with Gasteiger partial charge in [-0.3, -0.25) is 0 Å². The topological polar surface area (TPSA) is 32.7 Å². The molecule has 0 heterocycles. The molecule has 1 aromatic carbocycles. The molecule has 1 aromatic rings. The monoisotopic (exact) mass is 247 g/mol. The third kappa shape index (κ3) is 5.72. The Balaban J connectivity index is 2.42. The molecule has 0 aromatic heterocycles. The zero-order valence-corrected chi connectivity index (χ0v) is 11.1. The van der Waals surface area contributed by atoms with Crippen molar-refractivity contribution in [2.24, 2.45) is 0 Å². The molecule has 0 saturated carbocycles. The van der Waals surface area contributed by atoms with E-state index in [1.54, 1.807) is 0 Å². The third-order valence-corrected chi connectivity index (χ3v) is 2.49. The number of aliphatic hydroxyl groups excluding tert-OH is 1. The molecule has 0 saturated heterocycles. The molecule has 98 valence electrons. The molecule has 0 bridgehead atoms. The molecule has 0 aliphatic rings. The second-order valence-corrected chi connectivity index (χ2v) is 4.14. The fraction of sp³-hybridized carbons (Fsp3) is 0.467. The van der Waals surface area contributed by atoms with Crippen LogP contribution < -0.4 is 4.74 Å². The van der Waals surface area contributed by atoms with Gasteiger partial charge >= 0.3 is 0 Å². The molecule has 0 amide bonds. The van der Waals surface area contributed by atoms with E-state index in [9.17, 15) is 0 Å². The Kier molecular flexibility index (Phi) is 6.93. The molecule has 0 atom stereocenters. The first-order valence-electron chi connectivity index (χ1n) is 6.27. The fourth-order valence-corrected chi connectivity index (χ4v) is 1.62. The van der Waals surface area contributed by atoms with Gasteiger partial charge in [-0.1, -0.05) is 24.8 Å². The van der Waals surface area contributed by atoms with Crippen LogP contribution in [0.3, 0.4) is 0 Å². The average Bonchev–Trinajstić information content (AvgIpc) is 2.37. The van der Waals surface area contributed by atoms with Gasteiger partial charge < -0.3 is 14.7 Å². The maximum atomic E-state index is 8.64. The molecule has 1 N–H and O–H groups in total. The van der Waals surface area contributed by atoms with E-state index in [0.717, 1.165) is 30.8 Å². The third-order valence-electron chi connectivity index (χ3n) is 2.49. The maximum absolute atomic E-state index is 8.64. The van der Waals surface area contributed by atoms with Crippen molar-refractivity contribution in [1.82, 2.24) is 4.90 Å². The number of rotatable bonds is 6. The van der Waals surface area contributed by atoms with Crippen molar-refractivity contribution in [3.05, 3.63) is 29.8 Å². The highest BCUT2D eigenvalue weighted by molar-refractivity contribution is 5.39. The molecular formula is C15H21NO2. The Labute approximate surface area is 109 Å². The Bertz CT molecular complexity index is 406. The molecule has 3 heteroatoms. The van der Waals surface area contributed by atoms with Gasteiger partial charge in [0.2, 0.25) is 0 Å². The number of benzene rings is 1. The summed E-state index contributed by atoms with van der Waals surface area (Å²) in [5.74, 6) is 6.31. The number of aliphatic hydroxyl groups is 1. The molecule has 0 fully saturated rings. The number of nitrogens with zero attached hydrogens (tertiary/aromatic N) is 1. The van der Waals surface area contributed by atoms with Crippen molar-refractivity contribution in [2.45, 2.75) is 13.3 Å². The highest BCUT2D eigenvalue weighted by atomic mass is 16.5. The van der Waals surface area contributed by atoms with Crippen molar-refractivity contribution in [3.8, 4) is 17.6 Å². The normalized spacial score (nSPS) is 10.0. The minimum Gasteiger partial charge on any atom is -0.492 e. The summed E-state index contributed by atoms with van der Waals surface area (Å²) < 4.78 is 5.67. The summed E-state index contributed by atoms with van der Waals surface area (Å²) in [5, 5.41) is 8.64. The van der Waals surface area contributed by atoms with Crippen LogP contribution in [-0.4, -0.2) is 43.4 Å². The standard InChI is InChI=1S/C15H21NO2/c1-3-9-16(2)10-12-18-15-8-4-6-14(13-15)7-5-11-17/h4,6,8,13,17H,3,9-12H2,1-2H3. The number of hydrogen-bond acceptors (Lipinski definition) is 3. The smallest absolute Gasteiger partial charge is 0.120 e. The van der Waals surface area contributed by atoms with Crippen LogP contribution in [0.15, 0.2) is 24.3 Å². The summed E-state index contributed by atoms with van der Waals surface area (Å²) >= 11 is 0. The number of likely N-dealkylation sites (N-methyl/N-ethyl adjacent to an activating group) is 1. The molecular weight excluding hydrogens is 226 g/mol. The van der Waals surface area contributed by atoms with Crippen molar-refractivity contribution >= 4 is 0 Å². The summed E-state index contributed by atoms with van der Waals surface area (Å²) in [6.45, 7) is 4.73. The number of hydrogen-bond donors (Lipinski definition) is 1. The highest BCUT2D eigenvalue weighted by Crippen LogP contribution is 2.12. The van der Waals surface area contributed by atoms with Crippen LogP contribution >= 0.6 is 0 Å². The summed E-state index contributed by atoms with van der Waals surface area (Å²) in [7, 11) is 2.09. The lowest BCUT2D eigenvalue weighted by molar-refractivity contribution is 0.237. The van der Waals surface area contributed by atoms with Gasteiger partial charge in [0.05, 0.1) is 0 Å². The molecule has 0 spiro atoms. The first kappa shape index (κ1) is 14.6. The average molecular weight is 247 g/mol. The summed E-state index contributed by atoms with van der Waals surface area (Å²) in [6, 6.07) is 7.62. The molecule has 18 heavy (non-hydrogen) atoms. The van der Waals surface area contributed by atoms with Crippen LogP contribution in [0.2, 0.25) is 0 Å². The van der Waals surface area contributed by atoms with Gasteiger partial charge in [0.25, 0.3) is 0 Å². The van der Waals surface area contributed by atoms with Crippen LogP contribution in [-0.2, 0) is 0 Å². The molecule has 0 radical (unpaired) electrons. The van der Waals surface area contributed by atoms with E-state index >= 15 is 0 Å². The van der Waals surface area contributed by atoms with Crippen LogP contribution in [0.25, 0.3) is 0 Å². The molecule has 3 nitrogen and oxygen atoms in total. The maximum Gasteiger partial charge on any atom is 0.120 e. The minimum atomic E-state index is -0.118. The second kappa shape index (κ2) is 8.57. The minimum absolute atomic E-state index is 0.118. The van der Waals surface area contributed by atoms with Gasteiger partial charge in [0.1, 0.15) is 19.0 Å². The SMILES string of the molecule is CCCN(C)CCOc1cccc(C#CCO)c1. The summed E-state index contributed by atoms with van der Waals surface area (Å²) in [4.78, 5) is 2.25. The molecule has 0 unspecified atom stereocenters. The van der Waals surface area contributed by atoms with Gasteiger partial charge in [0, 0.05) is 12.1 Å². The zero-order valence-electron chi connectivity index (χ0n) is 11.1. The van der Waals surface area contributed by atoms with Crippen LogP contribution in [0.1, 0.15) is 18.9 Å². The van der Waals surface area contributed by atoms with Gasteiger partial charge in [0.15, 0.2) is 0 Å². The van der Waals surface area contributed by atoms with Crippen LogP contribution in [0.5, 0.6) is 5.75 Å². The van der Waals surface area contributed by atoms with Crippen molar-refractivity contribution < 1.29 is 9.84 Å². The lowest BCUT2D eigenvalue weighted by atomic mass is 10.2. The summed E-state index contributed by atoms with van der Waals surface area (Å²) in [6.07, 6.45) is 1.16. The first-order valence-corrected chi connectivity index (χ1v) is 6.27. The quantitative estimate of drug-likeness (QED) is 0.777. The lowest BCUT2D eigenvalue weighted by Gasteiger charge is -2.15. The Morgan fingerprint density at radius 3 is 2.89 bits per heavy atom. The molecule has 1 rings (SSSR count). The van der Waals surface area contributed by atoms with E-state index in [4.69, 9.17) is 9.84 Å². The Morgan fingerprint density at radius 1 is 1.33 bits per heavy atom. The predicted octanol–water partition coefficient (Wildman–Crippen LogP) is 1.75. The zero-order chi connectivity index (χ0) is 13.2. The van der Waals surface area contributed by atoms with Crippen LogP contribution in [0, 0.1) is 11.8 Å².